The first-order valence-corrected chi connectivity index (χ1v) is 8.80. The quantitative estimate of drug-likeness (QED) is 0.550. The van der Waals surface area contributed by atoms with Crippen LogP contribution in [-0.2, 0) is 23.8 Å². The lowest BCUT2D eigenvalue weighted by Crippen LogP contribution is -2.66. The fourth-order valence-electron chi connectivity index (χ4n) is 2.43. The van der Waals surface area contributed by atoms with Crippen LogP contribution in [0.4, 0.5) is 0 Å². The summed E-state index contributed by atoms with van der Waals surface area (Å²) in [5, 5.41) is 23.0. The second kappa shape index (κ2) is 7.22. The van der Waals surface area contributed by atoms with Crippen molar-refractivity contribution in [1.29, 1.82) is 0 Å². The third-order valence-corrected chi connectivity index (χ3v) is 5.06. The maximum absolute atomic E-state index is 11.6. The van der Waals surface area contributed by atoms with E-state index in [9.17, 15) is 23.4 Å². The molecule has 9 heteroatoms. The monoisotopic (exact) mass is 339 g/mol. The van der Waals surface area contributed by atoms with Crippen molar-refractivity contribution in [2.24, 2.45) is 5.92 Å². The Labute approximate surface area is 130 Å². The fraction of sp³-hybridized carbons (Fsp3) is 0.923. The van der Waals surface area contributed by atoms with E-state index in [0.29, 0.717) is 6.42 Å². The first kappa shape index (κ1) is 19.3. The van der Waals surface area contributed by atoms with E-state index in [-0.39, 0.29) is 12.4 Å². The first-order valence-electron chi connectivity index (χ1n) is 7.22. The van der Waals surface area contributed by atoms with Gasteiger partial charge in [0, 0.05) is 12.8 Å². The zero-order chi connectivity index (χ0) is 17.1. The van der Waals surface area contributed by atoms with E-state index >= 15 is 0 Å². The molecule has 0 aromatic rings. The molecule has 0 radical (unpaired) electrons. The number of carbonyl (C=O) groups is 1. The summed E-state index contributed by atoms with van der Waals surface area (Å²) in [7, 11) is -3.65. The molecule has 22 heavy (non-hydrogen) atoms. The van der Waals surface area contributed by atoms with Crippen LogP contribution in [0, 0.1) is 5.92 Å². The molecule has 0 spiro atoms. The summed E-state index contributed by atoms with van der Waals surface area (Å²) in [5.74, 6) is -2.89. The van der Waals surface area contributed by atoms with Gasteiger partial charge in [0.25, 0.3) is 10.1 Å². The van der Waals surface area contributed by atoms with E-state index < -0.39 is 46.0 Å². The molecule has 1 fully saturated rings. The van der Waals surface area contributed by atoms with Gasteiger partial charge in [-0.25, -0.2) is 0 Å². The molecule has 5 atom stereocenters. The predicted molar refractivity (Wildman–Crippen MR) is 78.3 cm³/mol. The molecule has 1 aliphatic heterocycles. The summed E-state index contributed by atoms with van der Waals surface area (Å²) in [6.07, 6.45) is -1.49. The Hall–Kier alpha value is -0.740. The molecule has 1 saturated heterocycles. The van der Waals surface area contributed by atoms with Crippen LogP contribution in [0.2, 0.25) is 0 Å². The zero-order valence-corrected chi connectivity index (χ0v) is 14.1. The molecule has 0 aromatic heterocycles. The van der Waals surface area contributed by atoms with Crippen LogP contribution < -0.4 is 5.32 Å². The highest BCUT2D eigenvalue weighted by Crippen LogP contribution is 2.32. The molecule has 0 aromatic carbocycles. The normalized spacial score (nSPS) is 36.1. The molecular weight excluding hydrogens is 314 g/mol. The molecule has 8 nitrogen and oxygen atoms in total. The minimum Gasteiger partial charge on any atom is -0.390 e. The Bertz CT molecular complexity index is 491. The fourth-order valence-corrected chi connectivity index (χ4v) is 3.39. The maximum atomic E-state index is 11.6. The molecule has 0 bridgehead atoms. The lowest BCUT2D eigenvalue weighted by molar-refractivity contribution is -0.296. The van der Waals surface area contributed by atoms with Crippen LogP contribution in [-0.4, -0.2) is 60.9 Å². The van der Waals surface area contributed by atoms with Gasteiger partial charge in [-0.2, -0.15) is 8.42 Å². The molecule has 0 aliphatic carbocycles. The van der Waals surface area contributed by atoms with Gasteiger partial charge >= 0.3 is 0 Å². The Morgan fingerprint density at radius 1 is 1.45 bits per heavy atom. The summed E-state index contributed by atoms with van der Waals surface area (Å²) in [5.41, 5.74) is 0. The van der Waals surface area contributed by atoms with Gasteiger partial charge in [-0.1, -0.05) is 13.8 Å². The summed E-state index contributed by atoms with van der Waals surface area (Å²) in [6.45, 7) is 5.61. The Kier molecular flexibility index (Phi) is 6.34. The number of rotatable bonds is 6. The number of hydrogen-bond acceptors (Lipinski definition) is 7. The lowest BCUT2D eigenvalue weighted by Gasteiger charge is -2.47. The van der Waals surface area contributed by atoms with Crippen molar-refractivity contribution >= 4 is 16.0 Å². The van der Waals surface area contributed by atoms with Crippen molar-refractivity contribution in [2.45, 2.75) is 58.2 Å². The molecule has 3 unspecified atom stereocenters. The summed E-state index contributed by atoms with van der Waals surface area (Å²) in [4.78, 5) is 11.2. The van der Waals surface area contributed by atoms with Gasteiger partial charge < -0.3 is 20.3 Å². The number of hydrogen-bond donors (Lipinski definition) is 3. The van der Waals surface area contributed by atoms with E-state index in [1.165, 1.54) is 13.8 Å². The number of aliphatic hydroxyl groups is 2. The average molecular weight is 339 g/mol. The van der Waals surface area contributed by atoms with Crippen LogP contribution in [0.3, 0.4) is 0 Å². The SMILES string of the molecule is CCCS(=O)(=O)OCC1OC(C)(O)C(NC(C)=O)[C@H](O)[C@@H]1C. The highest BCUT2D eigenvalue weighted by molar-refractivity contribution is 7.86. The van der Waals surface area contributed by atoms with E-state index in [1.807, 2.05) is 0 Å². The molecule has 0 saturated carbocycles. The van der Waals surface area contributed by atoms with Crippen LogP contribution in [0.25, 0.3) is 0 Å². The van der Waals surface area contributed by atoms with Crippen LogP contribution >= 0.6 is 0 Å². The number of carbonyl (C=O) groups excluding carboxylic acids is 1. The number of nitrogens with one attached hydrogen (secondary N) is 1. The van der Waals surface area contributed by atoms with E-state index in [1.54, 1.807) is 13.8 Å². The third-order valence-electron chi connectivity index (χ3n) is 3.66. The van der Waals surface area contributed by atoms with Gasteiger partial charge in [0.15, 0.2) is 5.79 Å². The van der Waals surface area contributed by atoms with E-state index in [4.69, 9.17) is 8.92 Å². The second-order valence-corrected chi connectivity index (χ2v) is 7.54. The topological polar surface area (TPSA) is 122 Å². The van der Waals surface area contributed by atoms with Crippen LogP contribution in [0.1, 0.15) is 34.1 Å². The van der Waals surface area contributed by atoms with E-state index in [0.717, 1.165) is 0 Å². The summed E-state index contributed by atoms with van der Waals surface area (Å²) >= 11 is 0. The van der Waals surface area contributed by atoms with Gasteiger partial charge in [-0.05, 0) is 13.3 Å². The molecule has 1 rings (SSSR count). The van der Waals surface area contributed by atoms with Crippen molar-refractivity contribution in [2.75, 3.05) is 12.4 Å². The molecule has 130 valence electrons. The third kappa shape index (κ3) is 4.88. The Morgan fingerprint density at radius 2 is 2.05 bits per heavy atom. The van der Waals surface area contributed by atoms with Crippen molar-refractivity contribution in [3.05, 3.63) is 0 Å². The second-order valence-electron chi connectivity index (χ2n) is 5.79. The smallest absolute Gasteiger partial charge is 0.267 e. The van der Waals surface area contributed by atoms with Crippen molar-refractivity contribution < 1.29 is 32.3 Å². The van der Waals surface area contributed by atoms with Gasteiger partial charge in [0.05, 0.1) is 24.6 Å². The Morgan fingerprint density at radius 3 is 2.55 bits per heavy atom. The van der Waals surface area contributed by atoms with Crippen LogP contribution in [0.15, 0.2) is 0 Å². The minimum absolute atomic E-state index is 0.110. The molecule has 1 amide bonds. The maximum Gasteiger partial charge on any atom is 0.267 e. The van der Waals surface area contributed by atoms with Gasteiger partial charge in [0.2, 0.25) is 5.91 Å². The predicted octanol–water partition coefficient (Wildman–Crippen LogP) is -0.648. The zero-order valence-electron chi connectivity index (χ0n) is 13.3. The molecular formula is C13H25NO7S. The molecule has 3 N–H and O–H groups in total. The number of amides is 1. The Balaban J connectivity index is 2.79. The highest BCUT2D eigenvalue weighted by atomic mass is 32.2. The first-order chi connectivity index (χ1) is 10.00. The summed E-state index contributed by atoms with van der Waals surface area (Å²) in [6, 6.07) is -1.01. The molecule has 1 aliphatic rings. The van der Waals surface area contributed by atoms with Crippen molar-refractivity contribution in [3.8, 4) is 0 Å². The van der Waals surface area contributed by atoms with Crippen LogP contribution in [0.5, 0.6) is 0 Å². The number of aliphatic hydroxyl groups excluding tert-OH is 1. The van der Waals surface area contributed by atoms with Crippen molar-refractivity contribution in [3.63, 3.8) is 0 Å². The largest absolute Gasteiger partial charge is 0.390 e. The standard InChI is InChI=1S/C13H25NO7S/c1-5-6-22(18,19)20-7-10-8(2)11(16)12(14-9(3)15)13(4,17)21-10/h8,10-12,16-17H,5-7H2,1-4H3,(H,14,15)/t8-,10?,11-,12?,13?/m1/s1. The number of ether oxygens (including phenoxy) is 1. The van der Waals surface area contributed by atoms with Crippen molar-refractivity contribution in [1.82, 2.24) is 5.32 Å². The highest BCUT2D eigenvalue weighted by Gasteiger charge is 2.50. The molecule has 1 heterocycles. The average Bonchev–Trinajstić information content (AvgIpc) is 2.37. The van der Waals surface area contributed by atoms with E-state index in [2.05, 4.69) is 5.32 Å². The lowest BCUT2D eigenvalue weighted by atomic mass is 9.85. The summed E-state index contributed by atoms with van der Waals surface area (Å²) < 4.78 is 33.5. The van der Waals surface area contributed by atoms with Gasteiger partial charge in [-0.3, -0.25) is 8.98 Å². The minimum atomic E-state index is -3.65. The van der Waals surface area contributed by atoms with Gasteiger partial charge in [-0.15, -0.1) is 0 Å². The van der Waals surface area contributed by atoms with Gasteiger partial charge in [0.1, 0.15) is 6.04 Å².